The van der Waals surface area contributed by atoms with Crippen molar-refractivity contribution in [1.82, 2.24) is 4.90 Å². The van der Waals surface area contributed by atoms with Crippen molar-refractivity contribution in [3.8, 4) is 11.5 Å². The van der Waals surface area contributed by atoms with Gasteiger partial charge in [0.1, 0.15) is 6.04 Å². The van der Waals surface area contributed by atoms with E-state index in [2.05, 4.69) is 4.18 Å². The van der Waals surface area contributed by atoms with Crippen molar-refractivity contribution in [2.24, 2.45) is 0 Å². The summed E-state index contributed by atoms with van der Waals surface area (Å²) in [7, 11) is -4.92. The number of carbonyl (C=O) groups excluding carboxylic acids is 2. The van der Waals surface area contributed by atoms with E-state index in [9.17, 15) is 31.2 Å². The Bertz CT molecular complexity index is 1440. The van der Waals surface area contributed by atoms with Gasteiger partial charge in [0.2, 0.25) is 5.91 Å². The summed E-state index contributed by atoms with van der Waals surface area (Å²) in [6.45, 7) is 1.33. The van der Waals surface area contributed by atoms with E-state index in [0.717, 1.165) is 7.11 Å². The third-order valence-electron chi connectivity index (χ3n) is 6.49. The van der Waals surface area contributed by atoms with Crippen LogP contribution < -0.4 is 8.92 Å². The average molecular weight is 578 g/mol. The third-order valence-corrected chi connectivity index (χ3v) is 7.44. The van der Waals surface area contributed by atoms with Crippen molar-refractivity contribution in [1.29, 1.82) is 0 Å². The minimum absolute atomic E-state index is 0.00903. The SMILES string of the molecule is CCOC(=O)C1Cc2c(ccc(OC)c2OS(=O)(=O)C(F)(F)F)CN1C(=O)C(c1ccccc1)c1ccccc1. The number of amides is 1. The van der Waals surface area contributed by atoms with E-state index in [4.69, 9.17) is 9.47 Å². The standard InChI is InChI=1S/C28H26F3NO7S/c1-3-38-27(34)22-16-21-20(14-15-23(37-2)25(21)39-40(35,36)28(29,30)31)17-32(22)26(33)24(18-10-6-4-7-11-18)19-12-8-5-9-13-19/h4-15,22,24H,3,16-17H2,1-2H3. The monoisotopic (exact) mass is 577 g/mol. The molecule has 8 nitrogen and oxygen atoms in total. The Hall–Kier alpha value is -4.06. The minimum atomic E-state index is -6.06. The van der Waals surface area contributed by atoms with Crippen LogP contribution >= 0.6 is 0 Å². The van der Waals surface area contributed by atoms with Gasteiger partial charge in [-0.1, -0.05) is 66.7 Å². The van der Waals surface area contributed by atoms with Gasteiger partial charge in [-0.2, -0.15) is 21.6 Å². The fourth-order valence-corrected chi connectivity index (χ4v) is 5.14. The molecular weight excluding hydrogens is 551 g/mol. The first-order valence-corrected chi connectivity index (χ1v) is 13.7. The molecular formula is C28H26F3NO7S. The first kappa shape index (κ1) is 28.9. The molecule has 1 unspecified atom stereocenters. The second-order valence-corrected chi connectivity index (χ2v) is 10.4. The van der Waals surface area contributed by atoms with Gasteiger partial charge in [-0.3, -0.25) is 4.79 Å². The summed E-state index contributed by atoms with van der Waals surface area (Å²) in [5.74, 6) is -3.02. The third kappa shape index (κ3) is 5.76. The van der Waals surface area contributed by atoms with Crippen molar-refractivity contribution in [3.63, 3.8) is 0 Å². The maximum absolute atomic E-state index is 14.2. The van der Waals surface area contributed by atoms with E-state index >= 15 is 0 Å². The van der Waals surface area contributed by atoms with Crippen LogP contribution in [0.5, 0.6) is 11.5 Å². The average Bonchev–Trinajstić information content (AvgIpc) is 2.93. The normalized spacial score (nSPS) is 15.3. The first-order chi connectivity index (χ1) is 19.0. The fourth-order valence-electron chi connectivity index (χ4n) is 4.64. The van der Waals surface area contributed by atoms with Crippen LogP contribution in [-0.2, 0) is 37.4 Å². The highest BCUT2D eigenvalue weighted by molar-refractivity contribution is 7.88. The van der Waals surface area contributed by atoms with Crippen molar-refractivity contribution in [3.05, 3.63) is 95.1 Å². The lowest BCUT2D eigenvalue weighted by atomic mass is 9.87. The molecule has 1 heterocycles. The van der Waals surface area contributed by atoms with Crippen molar-refractivity contribution in [2.75, 3.05) is 13.7 Å². The molecule has 0 aromatic heterocycles. The van der Waals surface area contributed by atoms with Crippen LogP contribution in [0.4, 0.5) is 13.2 Å². The first-order valence-electron chi connectivity index (χ1n) is 12.2. The van der Waals surface area contributed by atoms with Crippen LogP contribution in [0.15, 0.2) is 72.8 Å². The molecule has 0 bridgehead atoms. The molecule has 12 heteroatoms. The number of nitrogens with zero attached hydrogens (tertiary/aromatic N) is 1. The molecule has 0 saturated carbocycles. The number of rotatable bonds is 8. The number of hydrogen-bond acceptors (Lipinski definition) is 7. The molecule has 0 fully saturated rings. The molecule has 40 heavy (non-hydrogen) atoms. The summed E-state index contributed by atoms with van der Waals surface area (Å²) < 4.78 is 78.2. The molecule has 1 atom stereocenters. The number of fused-ring (bicyclic) bond motifs is 1. The molecule has 0 aliphatic carbocycles. The molecule has 0 saturated heterocycles. The van der Waals surface area contributed by atoms with Gasteiger partial charge in [0.05, 0.1) is 19.6 Å². The van der Waals surface area contributed by atoms with Crippen LogP contribution in [0.2, 0.25) is 0 Å². The number of benzene rings is 3. The number of halogens is 3. The van der Waals surface area contributed by atoms with Crippen molar-refractivity contribution >= 4 is 22.0 Å². The minimum Gasteiger partial charge on any atom is -0.493 e. The molecule has 0 radical (unpaired) electrons. The Morgan fingerprint density at radius 1 is 0.975 bits per heavy atom. The van der Waals surface area contributed by atoms with Crippen molar-refractivity contribution < 1.29 is 44.8 Å². The molecule has 0 N–H and O–H groups in total. The van der Waals surface area contributed by atoms with Gasteiger partial charge >= 0.3 is 21.6 Å². The largest absolute Gasteiger partial charge is 0.534 e. The predicted octanol–water partition coefficient (Wildman–Crippen LogP) is 4.57. The molecule has 0 spiro atoms. The summed E-state index contributed by atoms with van der Waals surface area (Å²) >= 11 is 0. The van der Waals surface area contributed by atoms with Gasteiger partial charge in [0.25, 0.3) is 0 Å². The van der Waals surface area contributed by atoms with E-state index < -0.39 is 45.2 Å². The lowest BCUT2D eigenvalue weighted by Gasteiger charge is -2.38. The second kappa shape index (κ2) is 11.6. The maximum Gasteiger partial charge on any atom is 0.534 e. The number of carbonyl (C=O) groups is 2. The zero-order chi connectivity index (χ0) is 29.1. The molecule has 1 aliphatic heterocycles. The van der Waals surface area contributed by atoms with Crippen molar-refractivity contribution in [2.45, 2.75) is 37.4 Å². The van der Waals surface area contributed by atoms with E-state index in [-0.39, 0.29) is 30.9 Å². The molecule has 1 aliphatic rings. The number of alkyl halides is 3. The molecule has 3 aromatic rings. The lowest BCUT2D eigenvalue weighted by molar-refractivity contribution is -0.156. The van der Waals surface area contributed by atoms with Crippen LogP contribution in [0, 0.1) is 0 Å². The van der Waals surface area contributed by atoms with E-state index in [1.54, 1.807) is 67.6 Å². The van der Waals surface area contributed by atoms with Gasteiger partial charge in [0.15, 0.2) is 11.5 Å². The van der Waals surface area contributed by atoms with Gasteiger partial charge < -0.3 is 18.6 Å². The van der Waals surface area contributed by atoms with Crippen LogP contribution in [0.25, 0.3) is 0 Å². The number of methoxy groups -OCH3 is 1. The van der Waals surface area contributed by atoms with Crippen LogP contribution in [-0.4, -0.2) is 50.5 Å². The maximum atomic E-state index is 14.2. The van der Waals surface area contributed by atoms with Crippen LogP contribution in [0.3, 0.4) is 0 Å². The zero-order valence-electron chi connectivity index (χ0n) is 21.6. The Labute approximate surface area is 229 Å². The topological polar surface area (TPSA) is 99.2 Å². The van der Waals surface area contributed by atoms with E-state index in [0.29, 0.717) is 16.7 Å². The number of esters is 1. The van der Waals surface area contributed by atoms with Gasteiger partial charge in [-0.05, 0) is 29.7 Å². The van der Waals surface area contributed by atoms with E-state index in [1.165, 1.54) is 17.0 Å². The number of hydrogen-bond donors (Lipinski definition) is 0. The highest BCUT2D eigenvalue weighted by Crippen LogP contribution is 2.42. The zero-order valence-corrected chi connectivity index (χ0v) is 22.4. The fraction of sp³-hybridized carbons (Fsp3) is 0.286. The molecule has 1 amide bonds. The quantitative estimate of drug-likeness (QED) is 0.220. The lowest BCUT2D eigenvalue weighted by Crippen LogP contribution is -2.51. The Balaban J connectivity index is 1.83. The van der Waals surface area contributed by atoms with Gasteiger partial charge in [0, 0.05) is 18.5 Å². The number of ether oxygens (including phenoxy) is 2. The molecule has 4 rings (SSSR count). The molecule has 212 valence electrons. The summed E-state index contributed by atoms with van der Waals surface area (Å²) in [6, 6.07) is 19.3. The summed E-state index contributed by atoms with van der Waals surface area (Å²) in [4.78, 5) is 28.7. The second-order valence-electron chi connectivity index (χ2n) is 8.91. The Morgan fingerprint density at radius 2 is 1.55 bits per heavy atom. The summed E-state index contributed by atoms with van der Waals surface area (Å²) in [6.07, 6.45) is -0.365. The Morgan fingerprint density at radius 3 is 2.05 bits per heavy atom. The smallest absolute Gasteiger partial charge is 0.493 e. The Kier molecular flexibility index (Phi) is 8.38. The highest BCUT2D eigenvalue weighted by Gasteiger charge is 2.50. The van der Waals surface area contributed by atoms with Crippen LogP contribution in [0.1, 0.15) is 35.1 Å². The molecule has 3 aromatic carbocycles. The highest BCUT2D eigenvalue weighted by atomic mass is 32.2. The van der Waals surface area contributed by atoms with E-state index in [1.807, 2.05) is 0 Å². The van der Waals surface area contributed by atoms with Gasteiger partial charge in [-0.25, -0.2) is 4.79 Å². The summed E-state index contributed by atoms with van der Waals surface area (Å²) in [5.41, 5.74) is -4.08. The summed E-state index contributed by atoms with van der Waals surface area (Å²) in [5, 5.41) is 0. The van der Waals surface area contributed by atoms with Gasteiger partial charge in [-0.15, -0.1) is 0 Å². The predicted molar refractivity (Wildman–Crippen MR) is 138 cm³/mol.